The Labute approximate surface area is 221 Å². The highest BCUT2D eigenvalue weighted by Crippen LogP contribution is 2.36. The molecule has 2 aromatic heterocycles. The van der Waals surface area contributed by atoms with E-state index in [2.05, 4.69) is 23.5 Å². The zero-order valence-electron chi connectivity index (χ0n) is 22.2. The van der Waals surface area contributed by atoms with Crippen LogP contribution in [-0.2, 0) is 24.1 Å². The second-order valence-corrected chi connectivity index (χ2v) is 10.5. The lowest BCUT2D eigenvalue weighted by Crippen LogP contribution is -2.35. The summed E-state index contributed by atoms with van der Waals surface area (Å²) in [6, 6.07) is 12.1. The van der Waals surface area contributed by atoms with Crippen molar-refractivity contribution in [3.05, 3.63) is 87.6 Å². The number of nitrogens with zero attached hydrogens (tertiary/aromatic N) is 2. The Bertz CT molecular complexity index is 1620. The van der Waals surface area contributed by atoms with E-state index in [0.717, 1.165) is 75.2 Å². The van der Waals surface area contributed by atoms with Crippen LogP contribution in [0.1, 0.15) is 69.5 Å². The zero-order valence-corrected chi connectivity index (χ0v) is 22.2. The maximum absolute atomic E-state index is 13.7. The molecule has 0 spiro atoms. The van der Waals surface area contributed by atoms with Crippen molar-refractivity contribution in [3.63, 3.8) is 0 Å². The highest BCUT2D eigenvalue weighted by molar-refractivity contribution is 6.11. The van der Waals surface area contributed by atoms with Crippen LogP contribution >= 0.6 is 0 Å². The fraction of sp³-hybridized carbons (Fsp3) is 0.323. The highest BCUT2D eigenvalue weighted by Gasteiger charge is 2.36. The van der Waals surface area contributed by atoms with Gasteiger partial charge in [0.15, 0.2) is 5.76 Å². The quantitative estimate of drug-likeness (QED) is 0.345. The summed E-state index contributed by atoms with van der Waals surface area (Å²) in [5, 5.41) is 5.45. The highest BCUT2D eigenvalue weighted by atomic mass is 16.4. The molecular formula is C31H31N3O4. The molecular weight excluding hydrogens is 478 g/mol. The van der Waals surface area contributed by atoms with Crippen LogP contribution in [0.4, 0.5) is 5.69 Å². The summed E-state index contributed by atoms with van der Waals surface area (Å²) in [7, 11) is 0. The molecule has 2 amide bonds. The molecule has 0 saturated heterocycles. The summed E-state index contributed by atoms with van der Waals surface area (Å²) in [5.74, 6) is 0.771. The molecule has 0 saturated carbocycles. The maximum atomic E-state index is 13.7. The number of hydrogen-bond acceptors (Lipinski definition) is 5. The fourth-order valence-electron chi connectivity index (χ4n) is 5.84. The topological polar surface area (TPSA) is 88.0 Å². The number of hydrogen-bond donors (Lipinski definition) is 1. The van der Waals surface area contributed by atoms with Crippen molar-refractivity contribution in [1.82, 2.24) is 5.43 Å². The van der Waals surface area contributed by atoms with Crippen molar-refractivity contribution in [2.24, 2.45) is 5.10 Å². The molecule has 38 heavy (non-hydrogen) atoms. The molecule has 0 bridgehead atoms. The van der Waals surface area contributed by atoms with Gasteiger partial charge in [0.1, 0.15) is 11.3 Å². The van der Waals surface area contributed by atoms with Gasteiger partial charge in [-0.1, -0.05) is 30.3 Å². The largest absolute Gasteiger partial charge is 0.464 e. The van der Waals surface area contributed by atoms with E-state index in [-0.39, 0.29) is 24.3 Å². The van der Waals surface area contributed by atoms with Crippen LogP contribution < -0.4 is 10.3 Å². The van der Waals surface area contributed by atoms with Gasteiger partial charge in [0, 0.05) is 40.2 Å². The lowest BCUT2D eigenvalue weighted by molar-refractivity contribution is -0.120. The molecule has 1 aliphatic carbocycles. The van der Waals surface area contributed by atoms with Crippen molar-refractivity contribution >= 4 is 34.2 Å². The van der Waals surface area contributed by atoms with E-state index in [1.54, 1.807) is 6.26 Å². The number of nitrogens with one attached hydrogen (secondary N) is 1. The van der Waals surface area contributed by atoms with Crippen LogP contribution in [0, 0.1) is 20.8 Å². The van der Waals surface area contributed by atoms with Gasteiger partial charge in [0.25, 0.3) is 5.91 Å². The van der Waals surface area contributed by atoms with E-state index in [1.807, 2.05) is 56.0 Å². The molecule has 0 fully saturated rings. The van der Waals surface area contributed by atoms with Crippen LogP contribution in [0.3, 0.4) is 0 Å². The Balaban J connectivity index is 1.24. The van der Waals surface area contributed by atoms with Gasteiger partial charge < -0.3 is 13.7 Å². The second kappa shape index (κ2) is 9.31. The summed E-state index contributed by atoms with van der Waals surface area (Å²) >= 11 is 0. The van der Waals surface area contributed by atoms with Crippen LogP contribution in [0.25, 0.3) is 11.0 Å². The SMILES string of the molecule is Cc1ccc2c(CC(=O)N/N=C3\CCCc4oc(C(=O)N5c6ccccc6CC5C)c(C)c43)coc2c1C. The normalized spacial score (nSPS) is 17.6. The number of hydrazone groups is 1. The van der Waals surface area contributed by atoms with Crippen molar-refractivity contribution in [2.45, 2.75) is 65.8 Å². The Hall–Kier alpha value is -4.13. The lowest BCUT2D eigenvalue weighted by Gasteiger charge is -2.21. The molecule has 1 atom stereocenters. The van der Waals surface area contributed by atoms with Crippen LogP contribution in [0.5, 0.6) is 0 Å². The minimum Gasteiger partial charge on any atom is -0.464 e. The number of anilines is 1. The van der Waals surface area contributed by atoms with E-state index in [0.29, 0.717) is 12.2 Å². The minimum atomic E-state index is -0.217. The van der Waals surface area contributed by atoms with E-state index in [1.165, 1.54) is 5.56 Å². The molecule has 6 rings (SSSR count). The molecule has 1 N–H and O–H groups in total. The summed E-state index contributed by atoms with van der Waals surface area (Å²) < 4.78 is 11.9. The summed E-state index contributed by atoms with van der Waals surface area (Å²) in [4.78, 5) is 28.4. The van der Waals surface area contributed by atoms with Crippen molar-refractivity contribution < 1.29 is 18.4 Å². The summed E-state index contributed by atoms with van der Waals surface area (Å²) in [6.45, 7) is 8.03. The minimum absolute atomic E-state index is 0.0561. The first kappa shape index (κ1) is 24.2. The van der Waals surface area contributed by atoms with E-state index < -0.39 is 0 Å². The number of para-hydroxylation sites is 1. The number of carbonyl (C=O) groups is 2. The van der Waals surface area contributed by atoms with Gasteiger partial charge in [0.05, 0.1) is 18.4 Å². The number of benzene rings is 2. The van der Waals surface area contributed by atoms with Gasteiger partial charge in [-0.05, 0) is 69.7 Å². The predicted molar refractivity (Wildman–Crippen MR) is 147 cm³/mol. The predicted octanol–water partition coefficient (Wildman–Crippen LogP) is 5.94. The van der Waals surface area contributed by atoms with Crippen LogP contribution in [-0.4, -0.2) is 23.6 Å². The molecule has 1 aliphatic heterocycles. The Morgan fingerprint density at radius 3 is 2.74 bits per heavy atom. The zero-order chi connectivity index (χ0) is 26.6. The number of amides is 2. The van der Waals surface area contributed by atoms with Crippen LogP contribution in [0.2, 0.25) is 0 Å². The third-order valence-electron chi connectivity index (χ3n) is 7.95. The molecule has 2 aliphatic rings. The number of carbonyl (C=O) groups excluding carboxylic acids is 2. The molecule has 7 nitrogen and oxygen atoms in total. The molecule has 2 aromatic carbocycles. The van der Waals surface area contributed by atoms with E-state index in [4.69, 9.17) is 8.83 Å². The monoisotopic (exact) mass is 509 g/mol. The molecule has 1 unspecified atom stereocenters. The summed E-state index contributed by atoms with van der Waals surface area (Å²) in [5.41, 5.74) is 11.1. The summed E-state index contributed by atoms with van der Waals surface area (Å²) in [6.07, 6.45) is 4.93. The Morgan fingerprint density at radius 2 is 1.89 bits per heavy atom. The van der Waals surface area contributed by atoms with E-state index in [9.17, 15) is 9.59 Å². The fourth-order valence-corrected chi connectivity index (χ4v) is 5.84. The lowest BCUT2D eigenvalue weighted by atomic mass is 9.93. The number of fused-ring (bicyclic) bond motifs is 3. The number of furan rings is 2. The molecule has 0 radical (unpaired) electrons. The van der Waals surface area contributed by atoms with Crippen LogP contribution in [0.15, 0.2) is 56.6 Å². The van der Waals surface area contributed by atoms with Crippen molar-refractivity contribution in [3.8, 4) is 0 Å². The maximum Gasteiger partial charge on any atom is 0.294 e. The number of aryl methyl sites for hydroxylation is 3. The molecule has 194 valence electrons. The third-order valence-corrected chi connectivity index (χ3v) is 7.95. The number of rotatable bonds is 4. The van der Waals surface area contributed by atoms with Gasteiger partial charge >= 0.3 is 0 Å². The molecule has 3 heterocycles. The first-order valence-electron chi connectivity index (χ1n) is 13.2. The van der Waals surface area contributed by atoms with Gasteiger partial charge in [-0.3, -0.25) is 9.59 Å². The second-order valence-electron chi connectivity index (χ2n) is 10.5. The third kappa shape index (κ3) is 3.93. The molecule has 7 heteroatoms. The average molecular weight is 510 g/mol. The van der Waals surface area contributed by atoms with Crippen molar-refractivity contribution in [2.75, 3.05) is 4.90 Å². The Kier molecular flexibility index (Phi) is 5.94. The van der Waals surface area contributed by atoms with Gasteiger partial charge in [-0.25, -0.2) is 5.43 Å². The molecule has 4 aromatic rings. The average Bonchev–Trinajstić information content (AvgIpc) is 3.58. The standard InChI is InChI=1S/C31H31N3O4/c1-17-12-13-23-22(16-37-29(23)19(17)3)15-27(35)33-32-24-9-7-11-26-28(24)20(4)30(38-26)31(36)34-18(2)14-21-8-5-6-10-25(21)34/h5-6,8,10,12-13,16,18H,7,9,11,14-15H2,1-4H3,(H,33,35)/b32-24+. The smallest absolute Gasteiger partial charge is 0.294 e. The Morgan fingerprint density at radius 1 is 1.08 bits per heavy atom. The van der Waals surface area contributed by atoms with E-state index >= 15 is 0 Å². The first-order valence-corrected chi connectivity index (χ1v) is 13.2. The van der Waals surface area contributed by atoms with Gasteiger partial charge in [-0.2, -0.15) is 5.10 Å². The van der Waals surface area contributed by atoms with Gasteiger partial charge in [0.2, 0.25) is 5.91 Å². The first-order chi connectivity index (χ1) is 18.3. The van der Waals surface area contributed by atoms with Crippen molar-refractivity contribution in [1.29, 1.82) is 0 Å². The van der Waals surface area contributed by atoms with Gasteiger partial charge in [-0.15, -0.1) is 0 Å².